The van der Waals surface area contributed by atoms with Gasteiger partial charge in [0.1, 0.15) is 0 Å². The van der Waals surface area contributed by atoms with E-state index in [9.17, 15) is 0 Å². The van der Waals surface area contributed by atoms with Crippen LogP contribution in [-0.2, 0) is 4.74 Å². The predicted molar refractivity (Wildman–Crippen MR) is 62.9 cm³/mol. The highest BCUT2D eigenvalue weighted by Crippen LogP contribution is 2.24. The van der Waals surface area contributed by atoms with Crippen molar-refractivity contribution < 1.29 is 4.74 Å². The first-order valence-electron chi connectivity index (χ1n) is 5.23. The Balaban J connectivity index is 2.48. The molecule has 0 saturated carbocycles. The van der Waals surface area contributed by atoms with E-state index in [1.165, 1.54) is 6.42 Å². The second kappa shape index (κ2) is 5.95. The van der Waals surface area contributed by atoms with E-state index in [4.69, 9.17) is 10.5 Å². The molecular weight excluding hydrogens is 196 g/mol. The van der Waals surface area contributed by atoms with Crippen molar-refractivity contribution in [2.24, 2.45) is 5.73 Å². The number of hydrogen-bond acceptors (Lipinski definition) is 4. The molecule has 0 aromatic rings. The van der Waals surface area contributed by atoms with Gasteiger partial charge in [-0.15, -0.1) is 0 Å². The van der Waals surface area contributed by atoms with Gasteiger partial charge < -0.3 is 10.5 Å². The molecule has 0 aromatic heterocycles. The van der Waals surface area contributed by atoms with E-state index in [0.29, 0.717) is 6.54 Å². The minimum atomic E-state index is 0.105. The quantitative estimate of drug-likeness (QED) is 0.740. The van der Waals surface area contributed by atoms with Crippen LogP contribution in [0.4, 0.5) is 0 Å². The maximum atomic E-state index is 5.88. The van der Waals surface area contributed by atoms with Gasteiger partial charge in [-0.3, -0.25) is 4.90 Å². The molecule has 1 fully saturated rings. The summed E-state index contributed by atoms with van der Waals surface area (Å²) in [6, 6.07) is 0. The van der Waals surface area contributed by atoms with Gasteiger partial charge in [-0.2, -0.15) is 11.8 Å². The zero-order chi connectivity index (χ0) is 10.4. The molecule has 3 nitrogen and oxygen atoms in total. The molecule has 1 unspecified atom stereocenters. The second-order valence-electron chi connectivity index (χ2n) is 4.00. The van der Waals surface area contributed by atoms with Crippen LogP contribution >= 0.6 is 11.8 Å². The number of nitrogens with zero attached hydrogens (tertiary/aromatic N) is 1. The summed E-state index contributed by atoms with van der Waals surface area (Å²) in [5.41, 5.74) is 5.99. The lowest BCUT2D eigenvalue weighted by Gasteiger charge is -2.43. The van der Waals surface area contributed by atoms with E-state index in [1.807, 2.05) is 11.8 Å². The van der Waals surface area contributed by atoms with Crippen molar-refractivity contribution in [3.8, 4) is 0 Å². The summed E-state index contributed by atoms with van der Waals surface area (Å²) in [5, 5.41) is 0. The molecule has 0 aromatic carbocycles. The van der Waals surface area contributed by atoms with Crippen LogP contribution in [0.25, 0.3) is 0 Å². The average molecular weight is 218 g/mol. The zero-order valence-electron chi connectivity index (χ0n) is 9.29. The Morgan fingerprint density at radius 2 is 2.36 bits per heavy atom. The van der Waals surface area contributed by atoms with Crippen molar-refractivity contribution in [2.45, 2.75) is 18.4 Å². The molecule has 0 bridgehead atoms. The first kappa shape index (κ1) is 12.3. The van der Waals surface area contributed by atoms with Crippen LogP contribution in [0.2, 0.25) is 0 Å². The highest BCUT2D eigenvalue weighted by molar-refractivity contribution is 7.98. The summed E-state index contributed by atoms with van der Waals surface area (Å²) in [6.45, 7) is 3.51. The van der Waals surface area contributed by atoms with E-state index >= 15 is 0 Å². The van der Waals surface area contributed by atoms with E-state index in [0.717, 1.165) is 31.9 Å². The molecule has 1 aliphatic rings. The molecule has 0 radical (unpaired) electrons. The van der Waals surface area contributed by atoms with Gasteiger partial charge >= 0.3 is 0 Å². The van der Waals surface area contributed by atoms with E-state index in [1.54, 1.807) is 0 Å². The Labute approximate surface area is 91.4 Å². The number of thioether (sulfide) groups is 1. The first-order valence-corrected chi connectivity index (χ1v) is 6.62. The molecule has 84 valence electrons. The van der Waals surface area contributed by atoms with Crippen molar-refractivity contribution >= 4 is 11.8 Å². The molecule has 14 heavy (non-hydrogen) atoms. The fourth-order valence-corrected chi connectivity index (χ4v) is 2.38. The van der Waals surface area contributed by atoms with Crippen molar-refractivity contribution in [2.75, 3.05) is 45.4 Å². The molecule has 1 saturated heterocycles. The minimum Gasteiger partial charge on any atom is -0.379 e. The topological polar surface area (TPSA) is 38.5 Å². The molecule has 0 aliphatic carbocycles. The van der Waals surface area contributed by atoms with Crippen LogP contribution in [-0.4, -0.2) is 55.8 Å². The zero-order valence-corrected chi connectivity index (χ0v) is 10.1. The third-order valence-corrected chi connectivity index (χ3v) is 3.71. The van der Waals surface area contributed by atoms with Gasteiger partial charge in [-0.25, -0.2) is 0 Å². The van der Waals surface area contributed by atoms with Gasteiger partial charge in [-0.1, -0.05) is 0 Å². The molecule has 1 aliphatic heterocycles. The number of ether oxygens (including phenoxy) is 1. The van der Waals surface area contributed by atoms with Crippen LogP contribution < -0.4 is 5.73 Å². The Morgan fingerprint density at radius 1 is 1.57 bits per heavy atom. The van der Waals surface area contributed by atoms with Gasteiger partial charge in [0.2, 0.25) is 0 Å². The Bertz CT molecular complexity index is 160. The minimum absolute atomic E-state index is 0.105. The van der Waals surface area contributed by atoms with Gasteiger partial charge in [0, 0.05) is 25.4 Å². The van der Waals surface area contributed by atoms with Gasteiger partial charge in [-0.05, 0) is 26.1 Å². The van der Waals surface area contributed by atoms with E-state index in [-0.39, 0.29) is 5.54 Å². The summed E-state index contributed by atoms with van der Waals surface area (Å²) >= 11 is 1.88. The predicted octanol–water partition coefficient (Wildman–Crippen LogP) is 0.789. The summed E-state index contributed by atoms with van der Waals surface area (Å²) in [5.74, 6) is 1.16. The molecule has 0 spiro atoms. The number of likely N-dealkylation sites (N-methyl/N-ethyl adjacent to an activating group) is 1. The normalized spacial score (nSPS) is 28.3. The fraction of sp³-hybridized carbons (Fsp3) is 1.00. The van der Waals surface area contributed by atoms with Crippen molar-refractivity contribution in [1.29, 1.82) is 0 Å². The molecule has 0 amide bonds. The van der Waals surface area contributed by atoms with Gasteiger partial charge in [0.05, 0.1) is 12.1 Å². The van der Waals surface area contributed by atoms with Crippen LogP contribution in [0, 0.1) is 0 Å². The Hall–Kier alpha value is 0.230. The third-order valence-electron chi connectivity index (χ3n) is 3.12. The van der Waals surface area contributed by atoms with Gasteiger partial charge in [0.15, 0.2) is 0 Å². The summed E-state index contributed by atoms with van der Waals surface area (Å²) in [7, 11) is 2.16. The fourth-order valence-electron chi connectivity index (χ4n) is 1.92. The van der Waals surface area contributed by atoms with Crippen LogP contribution in [0.1, 0.15) is 12.8 Å². The molecule has 1 heterocycles. The highest BCUT2D eigenvalue weighted by atomic mass is 32.2. The largest absolute Gasteiger partial charge is 0.379 e. The van der Waals surface area contributed by atoms with Crippen molar-refractivity contribution in [1.82, 2.24) is 4.90 Å². The van der Waals surface area contributed by atoms with E-state index in [2.05, 4.69) is 18.2 Å². The SMILES string of the molecule is CSCCN(C)C1(CN)CCCOC1. The second-order valence-corrected chi connectivity index (χ2v) is 4.98. The van der Waals surface area contributed by atoms with E-state index < -0.39 is 0 Å². The average Bonchev–Trinajstić information content (AvgIpc) is 2.26. The molecule has 1 rings (SSSR count). The molecule has 4 heteroatoms. The van der Waals surface area contributed by atoms with Crippen molar-refractivity contribution in [3.63, 3.8) is 0 Å². The smallest absolute Gasteiger partial charge is 0.0662 e. The van der Waals surface area contributed by atoms with Gasteiger partial charge in [0.25, 0.3) is 0 Å². The monoisotopic (exact) mass is 218 g/mol. The number of hydrogen-bond donors (Lipinski definition) is 1. The lowest BCUT2D eigenvalue weighted by molar-refractivity contribution is -0.0317. The highest BCUT2D eigenvalue weighted by Gasteiger charge is 2.35. The van der Waals surface area contributed by atoms with Crippen LogP contribution in [0.15, 0.2) is 0 Å². The standard InChI is InChI=1S/C10H22N2OS/c1-12(5-7-14-2)10(8-11)4-3-6-13-9-10/h3-9,11H2,1-2H3. The van der Waals surface area contributed by atoms with Crippen molar-refractivity contribution in [3.05, 3.63) is 0 Å². The number of nitrogens with two attached hydrogens (primary N) is 1. The third kappa shape index (κ3) is 2.86. The first-order chi connectivity index (χ1) is 6.75. The van der Waals surface area contributed by atoms with Crippen LogP contribution in [0.5, 0.6) is 0 Å². The molecule has 1 atom stereocenters. The summed E-state index contributed by atoms with van der Waals surface area (Å²) in [6.07, 6.45) is 4.45. The maximum absolute atomic E-state index is 5.88. The molecule has 2 N–H and O–H groups in total. The lowest BCUT2D eigenvalue weighted by atomic mass is 9.91. The lowest BCUT2D eigenvalue weighted by Crippen LogP contribution is -2.57. The Kier molecular flexibility index (Phi) is 5.23. The summed E-state index contributed by atoms with van der Waals surface area (Å²) in [4.78, 5) is 2.38. The Morgan fingerprint density at radius 3 is 2.86 bits per heavy atom. The number of rotatable bonds is 5. The molecular formula is C10H22N2OS. The van der Waals surface area contributed by atoms with Crippen LogP contribution in [0.3, 0.4) is 0 Å². The summed E-state index contributed by atoms with van der Waals surface area (Å²) < 4.78 is 5.55. The maximum Gasteiger partial charge on any atom is 0.0662 e.